The highest BCUT2D eigenvalue weighted by molar-refractivity contribution is 5.80. The van der Waals surface area contributed by atoms with Crippen molar-refractivity contribution in [3.8, 4) is 0 Å². The number of amides is 1. The van der Waals surface area contributed by atoms with Gasteiger partial charge in [0.15, 0.2) is 0 Å². The molecule has 0 radical (unpaired) electrons. The molecule has 0 aromatic heterocycles. The molecule has 3 heteroatoms. The number of likely N-dealkylation sites (tertiary alicyclic amines) is 1. The number of anilines is 1. The Hall–Kier alpha value is -1.77. The van der Waals surface area contributed by atoms with Crippen molar-refractivity contribution in [2.24, 2.45) is 0 Å². The first-order valence-electron chi connectivity index (χ1n) is 6.92. The van der Waals surface area contributed by atoms with Crippen molar-refractivity contribution in [2.75, 3.05) is 18.4 Å². The fraction of sp³-hybridized carbons (Fsp3) is 0.438. The Morgan fingerprint density at radius 1 is 1.26 bits per heavy atom. The first-order chi connectivity index (χ1) is 9.10. The first-order valence-corrected chi connectivity index (χ1v) is 6.92. The molecule has 3 nitrogen and oxygen atoms in total. The minimum Gasteiger partial charge on any atom is -0.375 e. The van der Waals surface area contributed by atoms with Gasteiger partial charge in [0.05, 0.1) is 5.54 Å². The Labute approximate surface area is 114 Å². The highest BCUT2D eigenvalue weighted by Gasteiger charge is 2.36. The molecule has 1 N–H and O–H groups in total. The van der Waals surface area contributed by atoms with E-state index in [1.807, 2.05) is 4.90 Å². The molecule has 1 fully saturated rings. The van der Waals surface area contributed by atoms with Gasteiger partial charge in [0.2, 0.25) is 5.91 Å². The highest BCUT2D eigenvalue weighted by atomic mass is 16.2. The summed E-state index contributed by atoms with van der Waals surface area (Å²) < 4.78 is 0. The van der Waals surface area contributed by atoms with E-state index in [0.29, 0.717) is 0 Å². The maximum Gasteiger partial charge on any atom is 0.219 e. The molecule has 1 spiro atoms. The number of hydrogen-bond donors (Lipinski definition) is 1. The van der Waals surface area contributed by atoms with Crippen molar-refractivity contribution >= 4 is 17.2 Å². The average Bonchev–Trinajstić information content (AvgIpc) is 2.39. The third kappa shape index (κ3) is 2.14. The predicted molar refractivity (Wildman–Crippen MR) is 77.9 cm³/mol. The zero-order chi connectivity index (χ0) is 13.5. The summed E-state index contributed by atoms with van der Waals surface area (Å²) in [6.45, 7) is 5.52. The summed E-state index contributed by atoms with van der Waals surface area (Å²) in [5.74, 6) is 0.187. The van der Waals surface area contributed by atoms with Gasteiger partial charge >= 0.3 is 0 Å². The molecule has 1 saturated heterocycles. The SMILES string of the molecule is CC(=O)N1CCC2(C=C(C)c3ccccc3N2)CC1. The third-order valence-electron chi connectivity index (χ3n) is 4.33. The molecule has 0 aliphatic carbocycles. The molecule has 0 unspecified atom stereocenters. The molecule has 100 valence electrons. The van der Waals surface area contributed by atoms with Crippen molar-refractivity contribution in [1.82, 2.24) is 4.90 Å². The van der Waals surface area contributed by atoms with E-state index in [4.69, 9.17) is 0 Å². The van der Waals surface area contributed by atoms with Crippen molar-refractivity contribution < 1.29 is 4.79 Å². The fourth-order valence-electron chi connectivity index (χ4n) is 3.22. The lowest BCUT2D eigenvalue weighted by Crippen LogP contribution is -2.50. The number of allylic oxidation sites excluding steroid dienone is 1. The number of nitrogens with zero attached hydrogens (tertiary/aromatic N) is 1. The van der Waals surface area contributed by atoms with Crippen LogP contribution < -0.4 is 5.32 Å². The van der Waals surface area contributed by atoms with E-state index in [-0.39, 0.29) is 11.4 Å². The van der Waals surface area contributed by atoms with Crippen LogP contribution in [-0.4, -0.2) is 29.4 Å². The van der Waals surface area contributed by atoms with Crippen LogP contribution in [0.1, 0.15) is 32.3 Å². The van der Waals surface area contributed by atoms with Crippen molar-refractivity contribution in [3.63, 3.8) is 0 Å². The van der Waals surface area contributed by atoms with E-state index in [9.17, 15) is 4.79 Å². The van der Waals surface area contributed by atoms with Crippen molar-refractivity contribution in [1.29, 1.82) is 0 Å². The molecule has 1 aromatic carbocycles. The van der Waals surface area contributed by atoms with Crippen LogP contribution in [0, 0.1) is 0 Å². The van der Waals surface area contributed by atoms with Crippen molar-refractivity contribution in [3.05, 3.63) is 35.9 Å². The monoisotopic (exact) mass is 256 g/mol. The summed E-state index contributed by atoms with van der Waals surface area (Å²) in [6.07, 6.45) is 4.32. The lowest BCUT2D eigenvalue weighted by atomic mass is 9.81. The topological polar surface area (TPSA) is 32.3 Å². The molecule has 1 amide bonds. The molecule has 3 rings (SSSR count). The number of nitrogens with one attached hydrogen (secondary N) is 1. The summed E-state index contributed by atoms with van der Waals surface area (Å²) >= 11 is 0. The summed E-state index contributed by atoms with van der Waals surface area (Å²) in [6, 6.07) is 8.45. The van der Waals surface area contributed by atoms with Gasteiger partial charge in [0.1, 0.15) is 0 Å². The van der Waals surface area contributed by atoms with E-state index in [2.05, 4.69) is 42.6 Å². The van der Waals surface area contributed by atoms with Crippen LogP contribution >= 0.6 is 0 Å². The zero-order valence-electron chi connectivity index (χ0n) is 11.6. The second-order valence-electron chi connectivity index (χ2n) is 5.66. The molecule has 2 aliphatic heterocycles. The van der Waals surface area contributed by atoms with Gasteiger partial charge in [-0.3, -0.25) is 4.79 Å². The number of carbonyl (C=O) groups is 1. The zero-order valence-corrected chi connectivity index (χ0v) is 11.6. The van der Waals surface area contributed by atoms with Gasteiger partial charge in [-0.05, 0) is 31.4 Å². The summed E-state index contributed by atoms with van der Waals surface area (Å²) in [4.78, 5) is 13.4. The third-order valence-corrected chi connectivity index (χ3v) is 4.33. The molecule has 0 atom stereocenters. The quantitative estimate of drug-likeness (QED) is 0.774. The second-order valence-corrected chi connectivity index (χ2v) is 5.66. The Balaban J connectivity index is 1.86. The number of carbonyl (C=O) groups excluding carboxylic acids is 1. The largest absolute Gasteiger partial charge is 0.375 e. The average molecular weight is 256 g/mol. The van der Waals surface area contributed by atoms with E-state index in [0.717, 1.165) is 25.9 Å². The van der Waals surface area contributed by atoms with Gasteiger partial charge in [-0.15, -0.1) is 0 Å². The number of rotatable bonds is 0. The Morgan fingerprint density at radius 3 is 2.63 bits per heavy atom. The van der Waals surface area contributed by atoms with Crippen LogP contribution in [0.2, 0.25) is 0 Å². The molecule has 1 aromatic rings. The van der Waals surface area contributed by atoms with Gasteiger partial charge in [-0.1, -0.05) is 24.3 Å². The van der Waals surface area contributed by atoms with E-state index >= 15 is 0 Å². The van der Waals surface area contributed by atoms with Gasteiger partial charge < -0.3 is 10.2 Å². The van der Waals surface area contributed by atoms with Gasteiger partial charge in [0.25, 0.3) is 0 Å². The standard InChI is InChI=1S/C16H20N2O/c1-12-11-16(7-9-18(10-8-16)13(2)19)17-15-6-4-3-5-14(12)15/h3-6,11,17H,7-10H2,1-2H3. The number of fused-ring (bicyclic) bond motifs is 1. The Kier molecular flexibility index (Phi) is 2.85. The van der Waals surface area contributed by atoms with Gasteiger partial charge in [0, 0.05) is 31.3 Å². The predicted octanol–water partition coefficient (Wildman–Crippen LogP) is 2.90. The van der Waals surface area contributed by atoms with Crippen LogP contribution in [0.4, 0.5) is 5.69 Å². The maximum absolute atomic E-state index is 11.4. The first kappa shape index (κ1) is 12.3. The summed E-state index contributed by atoms with van der Waals surface area (Å²) in [7, 11) is 0. The highest BCUT2D eigenvalue weighted by Crippen LogP contribution is 2.38. The number of benzene rings is 1. The molecule has 2 aliphatic rings. The lowest BCUT2D eigenvalue weighted by molar-refractivity contribution is -0.130. The van der Waals surface area contributed by atoms with E-state index < -0.39 is 0 Å². The molecule has 0 saturated carbocycles. The smallest absolute Gasteiger partial charge is 0.219 e. The maximum atomic E-state index is 11.4. The van der Waals surface area contributed by atoms with Crippen LogP contribution in [0.5, 0.6) is 0 Å². The Morgan fingerprint density at radius 2 is 1.95 bits per heavy atom. The lowest BCUT2D eigenvalue weighted by Gasteiger charge is -2.43. The molecule has 2 heterocycles. The van der Waals surface area contributed by atoms with Crippen LogP contribution in [-0.2, 0) is 4.79 Å². The molecular formula is C16H20N2O. The van der Waals surface area contributed by atoms with Crippen LogP contribution in [0.25, 0.3) is 5.57 Å². The fourth-order valence-corrected chi connectivity index (χ4v) is 3.22. The van der Waals surface area contributed by atoms with Gasteiger partial charge in [-0.25, -0.2) is 0 Å². The van der Waals surface area contributed by atoms with Crippen LogP contribution in [0.3, 0.4) is 0 Å². The number of hydrogen-bond acceptors (Lipinski definition) is 2. The second kappa shape index (κ2) is 4.41. The normalized spacial score (nSPS) is 20.5. The number of para-hydroxylation sites is 1. The summed E-state index contributed by atoms with van der Waals surface area (Å²) in [5, 5.41) is 3.69. The molecule has 0 bridgehead atoms. The summed E-state index contributed by atoms with van der Waals surface area (Å²) in [5.41, 5.74) is 3.89. The minimum absolute atomic E-state index is 0.0321. The van der Waals surface area contributed by atoms with Crippen molar-refractivity contribution in [2.45, 2.75) is 32.2 Å². The Bertz CT molecular complexity index is 539. The van der Waals surface area contributed by atoms with E-state index in [1.165, 1.54) is 16.8 Å². The van der Waals surface area contributed by atoms with E-state index in [1.54, 1.807) is 6.92 Å². The minimum atomic E-state index is 0.0321. The molecule has 19 heavy (non-hydrogen) atoms. The van der Waals surface area contributed by atoms with Crippen LogP contribution in [0.15, 0.2) is 30.3 Å². The molecular weight excluding hydrogens is 236 g/mol. The van der Waals surface area contributed by atoms with Gasteiger partial charge in [-0.2, -0.15) is 0 Å². The number of piperidine rings is 1.